The summed E-state index contributed by atoms with van der Waals surface area (Å²) >= 11 is 1.47. The van der Waals surface area contributed by atoms with E-state index in [1.165, 1.54) is 31.0 Å². The van der Waals surface area contributed by atoms with E-state index in [9.17, 15) is 0 Å². The van der Waals surface area contributed by atoms with Gasteiger partial charge < -0.3 is 10.3 Å². The highest BCUT2D eigenvalue weighted by Gasteiger charge is 2.16. The van der Waals surface area contributed by atoms with Crippen LogP contribution in [0.15, 0.2) is 16.4 Å². The van der Waals surface area contributed by atoms with E-state index in [0.717, 1.165) is 35.3 Å². The second kappa shape index (κ2) is 5.88. The molecule has 3 rings (SSSR count). The van der Waals surface area contributed by atoms with Crippen LogP contribution in [0.3, 0.4) is 0 Å². The second-order valence-electron chi connectivity index (χ2n) is 4.95. The van der Waals surface area contributed by atoms with Crippen molar-refractivity contribution in [3.63, 3.8) is 0 Å². The zero-order valence-corrected chi connectivity index (χ0v) is 12.4. The van der Waals surface area contributed by atoms with Crippen molar-refractivity contribution in [1.29, 1.82) is 0 Å². The topological polar surface area (TPSA) is 82.5 Å². The lowest BCUT2D eigenvalue weighted by molar-refractivity contribution is 0.590. The van der Waals surface area contributed by atoms with Gasteiger partial charge in [-0.25, -0.2) is 9.97 Å². The summed E-state index contributed by atoms with van der Waals surface area (Å²) in [6.45, 7) is 3.37. The first-order valence-corrected chi connectivity index (χ1v) is 7.72. The molecule has 0 saturated heterocycles. The first kappa shape index (κ1) is 13.5. The SMILES string of the molecule is Cc1cc(CN)nc(Sc2nnc3n2CCCCC3)n1. The van der Waals surface area contributed by atoms with Gasteiger partial charge in [0, 0.05) is 25.2 Å². The molecule has 6 nitrogen and oxygen atoms in total. The number of fused-ring (bicyclic) bond motifs is 1. The molecule has 2 N–H and O–H groups in total. The Morgan fingerprint density at radius 2 is 2.15 bits per heavy atom. The van der Waals surface area contributed by atoms with E-state index in [0.29, 0.717) is 11.7 Å². The summed E-state index contributed by atoms with van der Waals surface area (Å²) in [6.07, 6.45) is 4.64. The molecule has 3 heterocycles. The first-order valence-electron chi connectivity index (χ1n) is 6.91. The second-order valence-corrected chi connectivity index (χ2v) is 5.88. The van der Waals surface area contributed by atoms with Gasteiger partial charge in [-0.1, -0.05) is 6.42 Å². The van der Waals surface area contributed by atoms with Gasteiger partial charge in [-0.15, -0.1) is 10.2 Å². The molecule has 0 bridgehead atoms. The zero-order valence-electron chi connectivity index (χ0n) is 11.5. The van der Waals surface area contributed by atoms with Gasteiger partial charge >= 0.3 is 0 Å². The summed E-state index contributed by atoms with van der Waals surface area (Å²) in [5.74, 6) is 1.08. The van der Waals surface area contributed by atoms with Crippen LogP contribution in [0.5, 0.6) is 0 Å². The van der Waals surface area contributed by atoms with Crippen LogP contribution in [0.25, 0.3) is 0 Å². The third kappa shape index (κ3) is 2.83. The van der Waals surface area contributed by atoms with Crippen molar-refractivity contribution in [3.8, 4) is 0 Å². The molecule has 1 aliphatic heterocycles. The Bertz CT molecular complexity index is 609. The standard InChI is InChI=1S/C13H18N6S/c1-9-7-10(8-14)16-12(15-9)20-13-18-17-11-5-3-2-4-6-19(11)13/h7H,2-6,8,14H2,1H3. The molecule has 0 fully saturated rings. The predicted octanol–water partition coefficient (Wildman–Crippen LogP) is 1.71. The average molecular weight is 290 g/mol. The maximum Gasteiger partial charge on any atom is 0.199 e. The van der Waals surface area contributed by atoms with Crippen LogP contribution in [0.4, 0.5) is 0 Å². The Balaban J connectivity index is 1.88. The van der Waals surface area contributed by atoms with Gasteiger partial charge in [-0.2, -0.15) is 0 Å². The summed E-state index contributed by atoms with van der Waals surface area (Å²) in [5.41, 5.74) is 7.45. The molecule has 7 heteroatoms. The van der Waals surface area contributed by atoms with Crippen LogP contribution in [0.2, 0.25) is 0 Å². The van der Waals surface area contributed by atoms with Gasteiger partial charge in [0.15, 0.2) is 10.3 Å². The summed E-state index contributed by atoms with van der Waals surface area (Å²) in [4.78, 5) is 8.89. The van der Waals surface area contributed by atoms with Crippen molar-refractivity contribution >= 4 is 11.8 Å². The zero-order chi connectivity index (χ0) is 13.9. The van der Waals surface area contributed by atoms with Crippen molar-refractivity contribution in [2.75, 3.05) is 0 Å². The fourth-order valence-electron chi connectivity index (χ4n) is 2.37. The van der Waals surface area contributed by atoms with E-state index in [-0.39, 0.29) is 0 Å². The van der Waals surface area contributed by atoms with Crippen molar-refractivity contribution in [3.05, 3.63) is 23.3 Å². The molecule has 20 heavy (non-hydrogen) atoms. The predicted molar refractivity (Wildman–Crippen MR) is 76.4 cm³/mol. The van der Waals surface area contributed by atoms with Gasteiger partial charge in [0.2, 0.25) is 0 Å². The molecular weight excluding hydrogens is 272 g/mol. The van der Waals surface area contributed by atoms with Crippen LogP contribution in [-0.4, -0.2) is 24.7 Å². The molecule has 0 radical (unpaired) electrons. The fraction of sp³-hybridized carbons (Fsp3) is 0.538. The molecule has 0 unspecified atom stereocenters. The van der Waals surface area contributed by atoms with Crippen molar-refractivity contribution in [1.82, 2.24) is 24.7 Å². The lowest BCUT2D eigenvalue weighted by Gasteiger charge is -2.06. The summed E-state index contributed by atoms with van der Waals surface area (Å²) in [5, 5.41) is 10.2. The molecule has 0 aromatic carbocycles. The van der Waals surface area contributed by atoms with Crippen LogP contribution in [0, 0.1) is 6.92 Å². The Morgan fingerprint density at radius 3 is 3.00 bits per heavy atom. The molecule has 0 atom stereocenters. The Kier molecular flexibility index (Phi) is 3.98. The minimum absolute atomic E-state index is 0.425. The van der Waals surface area contributed by atoms with E-state index >= 15 is 0 Å². The lowest BCUT2D eigenvalue weighted by Crippen LogP contribution is -2.05. The largest absolute Gasteiger partial charge is 0.325 e. The van der Waals surface area contributed by atoms with Gasteiger partial charge in [0.05, 0.1) is 5.69 Å². The molecule has 0 aliphatic carbocycles. The molecule has 0 spiro atoms. The Morgan fingerprint density at radius 1 is 1.25 bits per heavy atom. The average Bonchev–Trinajstić information content (AvgIpc) is 2.67. The lowest BCUT2D eigenvalue weighted by atomic mass is 10.2. The monoisotopic (exact) mass is 290 g/mol. The van der Waals surface area contributed by atoms with Crippen molar-refractivity contribution in [2.45, 2.75) is 56.0 Å². The molecule has 0 amide bonds. The summed E-state index contributed by atoms with van der Waals surface area (Å²) in [7, 11) is 0. The van der Waals surface area contributed by atoms with Crippen molar-refractivity contribution < 1.29 is 0 Å². The third-order valence-electron chi connectivity index (χ3n) is 3.35. The van der Waals surface area contributed by atoms with Gasteiger partial charge in [-0.05, 0) is 37.6 Å². The van der Waals surface area contributed by atoms with E-state index < -0.39 is 0 Å². The minimum atomic E-state index is 0.425. The van der Waals surface area contributed by atoms with Crippen LogP contribution in [0.1, 0.15) is 36.5 Å². The van der Waals surface area contributed by atoms with Crippen LogP contribution < -0.4 is 5.73 Å². The smallest absolute Gasteiger partial charge is 0.199 e. The fourth-order valence-corrected chi connectivity index (χ4v) is 3.27. The van der Waals surface area contributed by atoms with Crippen molar-refractivity contribution in [2.24, 2.45) is 5.73 Å². The molecular formula is C13H18N6S. The summed E-state index contributed by atoms with van der Waals surface area (Å²) in [6, 6.07) is 1.91. The highest BCUT2D eigenvalue weighted by Crippen LogP contribution is 2.26. The molecule has 106 valence electrons. The van der Waals surface area contributed by atoms with E-state index in [1.807, 2.05) is 13.0 Å². The summed E-state index contributed by atoms with van der Waals surface area (Å²) < 4.78 is 2.20. The number of hydrogen-bond acceptors (Lipinski definition) is 6. The minimum Gasteiger partial charge on any atom is -0.325 e. The molecule has 1 aliphatic rings. The number of rotatable bonds is 3. The van der Waals surface area contributed by atoms with E-state index in [2.05, 4.69) is 24.7 Å². The molecule has 2 aromatic rings. The van der Waals surface area contributed by atoms with Crippen LogP contribution >= 0.6 is 11.8 Å². The van der Waals surface area contributed by atoms with Gasteiger partial charge in [0.25, 0.3) is 0 Å². The number of aromatic nitrogens is 5. The Hall–Kier alpha value is -1.47. The number of nitrogens with two attached hydrogens (primary N) is 1. The molecule has 2 aromatic heterocycles. The third-order valence-corrected chi connectivity index (χ3v) is 4.20. The van der Waals surface area contributed by atoms with E-state index in [1.54, 1.807) is 0 Å². The Labute approximate surface area is 122 Å². The quantitative estimate of drug-likeness (QED) is 0.867. The number of nitrogens with zero attached hydrogens (tertiary/aromatic N) is 5. The number of aryl methyl sites for hydroxylation is 2. The highest BCUT2D eigenvalue weighted by molar-refractivity contribution is 7.99. The first-order chi connectivity index (χ1) is 9.76. The van der Waals surface area contributed by atoms with Gasteiger partial charge in [0.1, 0.15) is 5.82 Å². The number of hydrogen-bond donors (Lipinski definition) is 1. The molecule has 0 saturated carbocycles. The normalized spacial score (nSPS) is 14.9. The maximum absolute atomic E-state index is 5.66. The van der Waals surface area contributed by atoms with Gasteiger partial charge in [-0.3, -0.25) is 0 Å². The van der Waals surface area contributed by atoms with E-state index in [4.69, 9.17) is 5.73 Å². The maximum atomic E-state index is 5.66. The van der Waals surface area contributed by atoms with Crippen LogP contribution in [-0.2, 0) is 19.5 Å². The highest BCUT2D eigenvalue weighted by atomic mass is 32.2.